The molecule has 2 atom stereocenters. The van der Waals surface area contributed by atoms with E-state index in [-0.39, 0.29) is 17.0 Å². The first-order chi connectivity index (χ1) is 9.43. The summed E-state index contributed by atoms with van der Waals surface area (Å²) in [6, 6.07) is -0.576. The van der Waals surface area contributed by atoms with Crippen molar-refractivity contribution >= 4 is 23.6 Å². The van der Waals surface area contributed by atoms with Gasteiger partial charge in [-0.15, -0.1) is 11.8 Å². The summed E-state index contributed by atoms with van der Waals surface area (Å²) in [4.78, 5) is 24.6. The molecule has 7 heteroatoms. The van der Waals surface area contributed by atoms with E-state index in [0.717, 1.165) is 23.1 Å². The van der Waals surface area contributed by atoms with Gasteiger partial charge < -0.3 is 20.1 Å². The second-order valence-electron chi connectivity index (χ2n) is 6.11. The van der Waals surface area contributed by atoms with Crippen molar-refractivity contribution in [1.82, 2.24) is 4.90 Å². The average molecular weight is 297 g/mol. The quantitative estimate of drug-likeness (QED) is 0.505. The van der Waals surface area contributed by atoms with Gasteiger partial charge in [0.1, 0.15) is 18.0 Å². The fourth-order valence-corrected chi connectivity index (χ4v) is 4.69. The number of likely N-dealkylation sites (N-methyl/N-ethyl adjacent to an activating group) is 1. The number of likely N-dealkylation sites (tertiary alicyclic amines) is 1. The van der Waals surface area contributed by atoms with E-state index in [0.29, 0.717) is 12.3 Å². The zero-order chi connectivity index (χ0) is 14.5. The third-order valence-corrected chi connectivity index (χ3v) is 5.86. The molecule has 0 saturated carbocycles. The fourth-order valence-electron chi connectivity index (χ4n) is 3.41. The lowest BCUT2D eigenvalue weighted by atomic mass is 10.0. The zero-order valence-electron chi connectivity index (χ0n) is 11.5. The predicted molar refractivity (Wildman–Crippen MR) is 73.1 cm³/mol. The summed E-state index contributed by atoms with van der Waals surface area (Å²) in [5, 5.41) is 11.2. The summed E-state index contributed by atoms with van der Waals surface area (Å²) >= 11 is 1.56. The average Bonchev–Trinajstić information content (AvgIpc) is 2.83. The number of rotatable bonds is 3. The molecule has 0 aromatic rings. The van der Waals surface area contributed by atoms with Gasteiger partial charge in [0.2, 0.25) is 5.91 Å². The summed E-state index contributed by atoms with van der Waals surface area (Å²) < 4.78 is 0.853. The van der Waals surface area contributed by atoms with Crippen LogP contribution < -0.4 is 10.8 Å². The number of carboxylic acid groups (broad SMARTS) is 1. The van der Waals surface area contributed by atoms with Crippen molar-refractivity contribution in [3.05, 3.63) is 11.3 Å². The highest BCUT2D eigenvalue weighted by Gasteiger charge is 2.50. The van der Waals surface area contributed by atoms with E-state index in [2.05, 4.69) is 7.05 Å². The van der Waals surface area contributed by atoms with E-state index in [1.807, 2.05) is 0 Å². The largest absolute Gasteiger partial charge is 0.543 e. The number of quaternary nitrogens is 1. The number of carbonyl (C=O) groups excluding carboxylic acids is 2. The van der Waals surface area contributed by atoms with E-state index in [4.69, 9.17) is 5.73 Å². The molecule has 0 radical (unpaired) electrons. The summed E-state index contributed by atoms with van der Waals surface area (Å²) in [5.41, 5.74) is 6.61. The molecule has 0 unspecified atom stereocenters. The normalized spacial score (nSPS) is 32.1. The Morgan fingerprint density at radius 3 is 2.75 bits per heavy atom. The van der Waals surface area contributed by atoms with E-state index < -0.39 is 12.0 Å². The second-order valence-corrected chi connectivity index (χ2v) is 7.21. The molecule has 3 aliphatic heterocycles. The number of hydrogen-bond donors (Lipinski definition) is 1. The van der Waals surface area contributed by atoms with Crippen LogP contribution in [0.4, 0.5) is 0 Å². The van der Waals surface area contributed by atoms with Crippen LogP contribution in [0.25, 0.3) is 0 Å². The van der Waals surface area contributed by atoms with Crippen molar-refractivity contribution in [1.29, 1.82) is 0 Å². The number of fused-ring (bicyclic) bond motifs is 1. The second kappa shape index (κ2) is 4.75. The van der Waals surface area contributed by atoms with Gasteiger partial charge in [-0.05, 0) is 0 Å². The number of amides is 1. The SMILES string of the molecule is C[N+]1(CC2=C(C(=O)[O-])N3C(=O)[C@@H](N)[C@H]3SC2)CCCC1. The lowest BCUT2D eigenvalue weighted by molar-refractivity contribution is -0.893. The van der Waals surface area contributed by atoms with Gasteiger partial charge in [-0.2, -0.15) is 0 Å². The van der Waals surface area contributed by atoms with Crippen LogP contribution in [0.15, 0.2) is 11.3 Å². The van der Waals surface area contributed by atoms with Crippen LogP contribution in [0.1, 0.15) is 12.8 Å². The van der Waals surface area contributed by atoms with Crippen LogP contribution in [-0.2, 0) is 9.59 Å². The molecule has 3 aliphatic rings. The number of β-lactam (4-membered cyclic amide) rings is 1. The first-order valence-electron chi connectivity index (χ1n) is 6.90. The molecule has 2 saturated heterocycles. The van der Waals surface area contributed by atoms with Crippen LogP contribution in [0.5, 0.6) is 0 Å². The first kappa shape index (κ1) is 13.9. The van der Waals surface area contributed by atoms with Crippen molar-refractivity contribution in [2.45, 2.75) is 24.3 Å². The van der Waals surface area contributed by atoms with Crippen LogP contribution in [0, 0.1) is 0 Å². The van der Waals surface area contributed by atoms with Gasteiger partial charge in [0, 0.05) is 24.2 Å². The van der Waals surface area contributed by atoms with Gasteiger partial charge in [-0.25, -0.2) is 0 Å². The Kier molecular flexibility index (Phi) is 3.30. The highest BCUT2D eigenvalue weighted by molar-refractivity contribution is 8.00. The third-order valence-electron chi connectivity index (χ3n) is 4.50. The van der Waals surface area contributed by atoms with E-state index in [1.54, 1.807) is 11.8 Å². The molecule has 0 bridgehead atoms. The van der Waals surface area contributed by atoms with Crippen molar-refractivity contribution in [2.75, 3.05) is 32.4 Å². The maximum Gasteiger partial charge on any atom is 0.248 e. The van der Waals surface area contributed by atoms with E-state index >= 15 is 0 Å². The lowest BCUT2D eigenvalue weighted by Crippen LogP contribution is -2.69. The molecular formula is C13H19N3O3S. The van der Waals surface area contributed by atoms with Gasteiger partial charge in [0.05, 0.1) is 31.8 Å². The summed E-state index contributed by atoms with van der Waals surface area (Å²) in [5.74, 6) is -0.932. The van der Waals surface area contributed by atoms with Crippen molar-refractivity contribution < 1.29 is 19.2 Å². The minimum Gasteiger partial charge on any atom is -0.543 e. The lowest BCUT2D eigenvalue weighted by Gasteiger charge is -2.50. The summed E-state index contributed by atoms with van der Waals surface area (Å²) in [7, 11) is 2.15. The van der Waals surface area contributed by atoms with E-state index in [1.165, 1.54) is 17.7 Å². The predicted octanol–water partition coefficient (Wildman–Crippen LogP) is -1.53. The van der Waals surface area contributed by atoms with E-state index in [9.17, 15) is 14.7 Å². The molecule has 2 fully saturated rings. The van der Waals surface area contributed by atoms with Crippen LogP contribution in [0.3, 0.4) is 0 Å². The number of nitrogens with zero attached hydrogens (tertiary/aromatic N) is 2. The molecule has 0 spiro atoms. The molecule has 0 aromatic carbocycles. The van der Waals surface area contributed by atoms with Gasteiger partial charge in [-0.1, -0.05) is 0 Å². The number of nitrogens with two attached hydrogens (primary N) is 1. The number of thioether (sulfide) groups is 1. The number of hydrogen-bond acceptors (Lipinski definition) is 5. The molecule has 3 rings (SSSR count). The Labute approximate surface area is 122 Å². The molecule has 0 aromatic heterocycles. The third kappa shape index (κ3) is 2.04. The fraction of sp³-hybridized carbons (Fsp3) is 0.692. The smallest absolute Gasteiger partial charge is 0.248 e. The monoisotopic (exact) mass is 297 g/mol. The molecular weight excluding hydrogens is 278 g/mol. The number of aliphatic carboxylic acids is 1. The zero-order valence-corrected chi connectivity index (χ0v) is 12.3. The maximum absolute atomic E-state index is 11.8. The van der Waals surface area contributed by atoms with Gasteiger partial charge in [0.25, 0.3) is 0 Å². The van der Waals surface area contributed by atoms with Crippen molar-refractivity contribution in [3.8, 4) is 0 Å². The molecule has 2 N–H and O–H groups in total. The molecule has 110 valence electrons. The van der Waals surface area contributed by atoms with Crippen LogP contribution >= 0.6 is 11.8 Å². The van der Waals surface area contributed by atoms with Gasteiger partial charge >= 0.3 is 0 Å². The minimum absolute atomic E-state index is 0.0756. The Hall–Kier alpha value is -1.05. The Bertz CT molecular complexity index is 499. The van der Waals surface area contributed by atoms with Crippen molar-refractivity contribution in [3.63, 3.8) is 0 Å². The standard InChI is InChI=1S/C13H19N3O3S/c1-16(4-2-3-5-16)6-8-7-20-12-9(14)11(17)15(12)10(8)13(18)19/h9,12H,2-7,14H2,1H3/t9-,12-/m1/s1. The number of carboxylic acids is 1. The van der Waals surface area contributed by atoms with Crippen LogP contribution in [0.2, 0.25) is 0 Å². The maximum atomic E-state index is 11.8. The van der Waals surface area contributed by atoms with Crippen LogP contribution in [-0.4, -0.2) is 65.1 Å². The molecule has 1 amide bonds. The first-order valence-corrected chi connectivity index (χ1v) is 7.95. The summed E-state index contributed by atoms with van der Waals surface area (Å²) in [6.45, 7) is 2.80. The highest BCUT2D eigenvalue weighted by atomic mass is 32.2. The number of carbonyl (C=O) groups is 2. The topological polar surface area (TPSA) is 86.5 Å². The molecule has 3 heterocycles. The van der Waals surface area contributed by atoms with Gasteiger partial charge in [-0.3, -0.25) is 9.69 Å². The Morgan fingerprint density at radius 1 is 1.50 bits per heavy atom. The Morgan fingerprint density at radius 2 is 2.15 bits per heavy atom. The summed E-state index contributed by atoms with van der Waals surface area (Å²) in [6.07, 6.45) is 2.35. The van der Waals surface area contributed by atoms with Gasteiger partial charge in [0.15, 0.2) is 0 Å². The molecule has 6 nitrogen and oxygen atoms in total. The highest BCUT2D eigenvalue weighted by Crippen LogP contribution is 2.40. The van der Waals surface area contributed by atoms with Crippen molar-refractivity contribution in [2.24, 2.45) is 5.73 Å². The molecule has 20 heavy (non-hydrogen) atoms. The molecule has 0 aliphatic carbocycles. The Balaban J connectivity index is 1.90. The minimum atomic E-state index is -1.25.